The summed E-state index contributed by atoms with van der Waals surface area (Å²) in [5.74, 6) is 0.747. The molecule has 2 aromatic rings. The quantitative estimate of drug-likeness (QED) is 0.689. The molecule has 6 nitrogen and oxygen atoms in total. The molecular formula is C20H18ClN5OS2. The van der Waals surface area contributed by atoms with Crippen LogP contribution in [0.1, 0.15) is 37.7 Å². The standard InChI is InChI=1S/C20H18ClN5OS2/c1-2-28-20-25-24-19(29-20)26-14-4-3-5-15(27)17(14)16(13(10-22)18(26)23)11-6-8-12(21)9-7-11/h6-9,16H,2-5,23H2,1H3. The minimum Gasteiger partial charge on any atom is -0.384 e. The molecule has 0 spiro atoms. The summed E-state index contributed by atoms with van der Waals surface area (Å²) in [5, 5.41) is 19.7. The molecule has 0 radical (unpaired) electrons. The number of benzene rings is 1. The molecule has 1 aliphatic carbocycles. The number of thioether (sulfide) groups is 1. The van der Waals surface area contributed by atoms with Crippen LogP contribution in [-0.2, 0) is 4.79 Å². The predicted molar refractivity (Wildman–Crippen MR) is 116 cm³/mol. The molecule has 2 N–H and O–H groups in total. The summed E-state index contributed by atoms with van der Waals surface area (Å²) in [6.07, 6.45) is 1.90. The van der Waals surface area contributed by atoms with Gasteiger partial charge in [0.1, 0.15) is 5.82 Å². The van der Waals surface area contributed by atoms with Gasteiger partial charge in [0.15, 0.2) is 10.1 Å². The summed E-state index contributed by atoms with van der Waals surface area (Å²) in [7, 11) is 0. The first-order chi connectivity index (χ1) is 14.0. The van der Waals surface area contributed by atoms with E-state index in [1.165, 1.54) is 11.3 Å². The second-order valence-corrected chi connectivity index (χ2v) is 9.55. The summed E-state index contributed by atoms with van der Waals surface area (Å²) in [6, 6.07) is 9.47. The van der Waals surface area contributed by atoms with Crippen LogP contribution in [-0.4, -0.2) is 21.7 Å². The number of halogens is 1. The summed E-state index contributed by atoms with van der Waals surface area (Å²) in [5.41, 5.74) is 9.13. The number of nitrogens with two attached hydrogens (primary N) is 1. The lowest BCUT2D eigenvalue weighted by atomic mass is 9.76. The van der Waals surface area contributed by atoms with Gasteiger partial charge in [-0.05, 0) is 36.3 Å². The van der Waals surface area contributed by atoms with Crippen LogP contribution in [0.4, 0.5) is 5.13 Å². The van der Waals surface area contributed by atoms with Gasteiger partial charge in [0.2, 0.25) is 5.13 Å². The minimum atomic E-state index is -0.492. The van der Waals surface area contributed by atoms with Crippen LogP contribution >= 0.6 is 34.7 Å². The van der Waals surface area contributed by atoms with Crippen molar-refractivity contribution in [3.63, 3.8) is 0 Å². The number of aromatic nitrogens is 2. The normalized spacial score (nSPS) is 19.4. The molecule has 4 rings (SSSR count). The summed E-state index contributed by atoms with van der Waals surface area (Å²) < 4.78 is 0.831. The fraction of sp³-hybridized carbons (Fsp3) is 0.300. The molecule has 9 heteroatoms. The van der Waals surface area contributed by atoms with Gasteiger partial charge in [-0.1, -0.05) is 53.8 Å². The van der Waals surface area contributed by atoms with Crippen LogP contribution in [0, 0.1) is 11.3 Å². The highest BCUT2D eigenvalue weighted by Gasteiger charge is 2.41. The molecule has 0 saturated heterocycles. The van der Waals surface area contributed by atoms with Gasteiger partial charge < -0.3 is 5.73 Å². The molecule has 0 fully saturated rings. The maximum absolute atomic E-state index is 13.0. The highest BCUT2D eigenvalue weighted by molar-refractivity contribution is 8.01. The molecule has 2 heterocycles. The average Bonchev–Trinajstić information content (AvgIpc) is 3.16. The predicted octanol–water partition coefficient (Wildman–Crippen LogP) is 4.61. The molecule has 1 aliphatic heterocycles. The van der Waals surface area contributed by atoms with Crippen molar-refractivity contribution in [3.05, 3.63) is 57.5 Å². The highest BCUT2D eigenvalue weighted by Crippen LogP contribution is 2.47. The molecule has 0 amide bonds. The lowest BCUT2D eigenvalue weighted by Crippen LogP contribution is -2.38. The molecule has 1 aromatic carbocycles. The van der Waals surface area contributed by atoms with Crippen molar-refractivity contribution in [3.8, 4) is 6.07 Å². The minimum absolute atomic E-state index is 0.0455. The van der Waals surface area contributed by atoms with E-state index in [0.29, 0.717) is 40.0 Å². The van der Waals surface area contributed by atoms with E-state index in [1.54, 1.807) is 28.8 Å². The van der Waals surface area contributed by atoms with E-state index in [9.17, 15) is 10.1 Å². The number of anilines is 1. The van der Waals surface area contributed by atoms with Crippen molar-refractivity contribution >= 4 is 45.6 Å². The number of carbonyl (C=O) groups is 1. The van der Waals surface area contributed by atoms with Gasteiger partial charge in [-0.25, -0.2) is 0 Å². The zero-order valence-corrected chi connectivity index (χ0v) is 18.1. The van der Waals surface area contributed by atoms with Crippen molar-refractivity contribution in [2.75, 3.05) is 10.7 Å². The lowest BCUT2D eigenvalue weighted by molar-refractivity contribution is -0.116. The van der Waals surface area contributed by atoms with Gasteiger partial charge >= 0.3 is 0 Å². The number of nitriles is 1. The third kappa shape index (κ3) is 3.54. The first-order valence-electron chi connectivity index (χ1n) is 9.23. The van der Waals surface area contributed by atoms with Crippen molar-refractivity contribution < 1.29 is 4.79 Å². The monoisotopic (exact) mass is 443 g/mol. The summed E-state index contributed by atoms with van der Waals surface area (Å²) in [6.45, 7) is 2.05. The Morgan fingerprint density at radius 1 is 1.34 bits per heavy atom. The molecule has 2 aliphatic rings. The van der Waals surface area contributed by atoms with E-state index >= 15 is 0 Å². The molecular weight excluding hydrogens is 426 g/mol. The third-order valence-corrected chi connectivity index (χ3v) is 7.15. The molecule has 148 valence electrons. The Labute approximate surface area is 182 Å². The van der Waals surface area contributed by atoms with Crippen LogP contribution in [0.5, 0.6) is 0 Å². The van der Waals surface area contributed by atoms with E-state index in [-0.39, 0.29) is 5.78 Å². The van der Waals surface area contributed by atoms with Crippen molar-refractivity contribution in [2.45, 2.75) is 36.4 Å². The third-order valence-electron chi connectivity index (χ3n) is 4.97. The smallest absolute Gasteiger partial charge is 0.219 e. The Morgan fingerprint density at radius 2 is 2.10 bits per heavy atom. The Bertz CT molecular complexity index is 1070. The number of ketones is 1. The largest absolute Gasteiger partial charge is 0.384 e. The van der Waals surface area contributed by atoms with Crippen LogP contribution in [0.15, 0.2) is 51.3 Å². The van der Waals surface area contributed by atoms with Crippen molar-refractivity contribution in [2.24, 2.45) is 5.73 Å². The van der Waals surface area contributed by atoms with Crippen LogP contribution in [0.2, 0.25) is 5.02 Å². The molecule has 29 heavy (non-hydrogen) atoms. The first kappa shape index (κ1) is 20.0. The van der Waals surface area contributed by atoms with Gasteiger partial charge in [-0.15, -0.1) is 10.2 Å². The first-order valence-corrected chi connectivity index (χ1v) is 11.4. The number of hydrogen-bond donors (Lipinski definition) is 1. The second-order valence-electron chi connectivity index (χ2n) is 6.65. The number of allylic oxidation sites excluding steroid dienone is 3. The van der Waals surface area contributed by atoms with Crippen LogP contribution < -0.4 is 10.6 Å². The Morgan fingerprint density at radius 3 is 2.79 bits per heavy atom. The number of rotatable bonds is 4. The van der Waals surface area contributed by atoms with Gasteiger partial charge in [-0.2, -0.15) is 5.26 Å². The SMILES string of the molecule is CCSc1nnc(N2C(N)=C(C#N)C(c3ccc(Cl)cc3)C3=C2CCCC3=O)s1. The molecule has 0 saturated carbocycles. The average molecular weight is 444 g/mol. The van der Waals surface area contributed by atoms with Crippen LogP contribution in [0.3, 0.4) is 0 Å². The van der Waals surface area contributed by atoms with E-state index in [2.05, 4.69) is 16.3 Å². The van der Waals surface area contributed by atoms with Crippen molar-refractivity contribution in [1.82, 2.24) is 10.2 Å². The second kappa shape index (κ2) is 8.19. The zero-order valence-electron chi connectivity index (χ0n) is 15.7. The lowest BCUT2D eigenvalue weighted by Gasteiger charge is -2.38. The number of hydrogen-bond acceptors (Lipinski definition) is 8. The van der Waals surface area contributed by atoms with E-state index < -0.39 is 5.92 Å². The van der Waals surface area contributed by atoms with E-state index in [0.717, 1.165) is 27.8 Å². The summed E-state index contributed by atoms with van der Waals surface area (Å²) >= 11 is 9.06. The Kier molecular flexibility index (Phi) is 5.63. The molecule has 1 aromatic heterocycles. The molecule has 1 unspecified atom stereocenters. The summed E-state index contributed by atoms with van der Waals surface area (Å²) in [4.78, 5) is 14.8. The number of Topliss-reactive ketones (excluding diaryl/α,β-unsaturated/α-hetero) is 1. The highest BCUT2D eigenvalue weighted by atomic mass is 35.5. The fourth-order valence-electron chi connectivity index (χ4n) is 3.77. The number of nitrogens with zero attached hydrogens (tertiary/aromatic N) is 4. The van der Waals surface area contributed by atoms with Gasteiger partial charge in [0, 0.05) is 22.7 Å². The zero-order chi connectivity index (χ0) is 20.5. The maximum Gasteiger partial charge on any atom is 0.219 e. The topological polar surface area (TPSA) is 95.9 Å². The molecule has 0 bridgehead atoms. The molecule has 1 atom stereocenters. The van der Waals surface area contributed by atoms with E-state index in [1.807, 2.05) is 19.1 Å². The van der Waals surface area contributed by atoms with Gasteiger partial charge in [0.25, 0.3) is 0 Å². The number of carbonyl (C=O) groups excluding carboxylic acids is 1. The fourth-order valence-corrected chi connectivity index (χ4v) is 5.67. The maximum atomic E-state index is 13.0. The van der Waals surface area contributed by atoms with Gasteiger partial charge in [-0.3, -0.25) is 9.69 Å². The Balaban J connectivity index is 1.90. The van der Waals surface area contributed by atoms with Gasteiger partial charge in [0.05, 0.1) is 17.6 Å². The van der Waals surface area contributed by atoms with Crippen molar-refractivity contribution in [1.29, 1.82) is 5.26 Å². The Hall–Kier alpha value is -2.34. The van der Waals surface area contributed by atoms with Crippen LogP contribution in [0.25, 0.3) is 0 Å². The van der Waals surface area contributed by atoms with E-state index in [4.69, 9.17) is 17.3 Å².